The zero-order valence-corrected chi connectivity index (χ0v) is 10.4. The van der Waals surface area contributed by atoms with Gasteiger partial charge < -0.3 is 4.57 Å². The molecule has 2 atom stereocenters. The summed E-state index contributed by atoms with van der Waals surface area (Å²) in [6.07, 6.45) is 5.06. The lowest BCUT2D eigenvalue weighted by Crippen LogP contribution is -2.22. The quantitative estimate of drug-likeness (QED) is 0.765. The Morgan fingerprint density at radius 1 is 1.33 bits per heavy atom. The molecule has 0 aliphatic carbocycles. The summed E-state index contributed by atoms with van der Waals surface area (Å²) < 4.78 is 2.24. The molecule has 90 valence electrons. The number of aromatic nitrogens is 2. The molecular weight excluding hydrogens is 222 g/mol. The third-order valence-electron chi connectivity index (χ3n) is 3.86. The zero-order chi connectivity index (χ0) is 12.5. The van der Waals surface area contributed by atoms with Crippen molar-refractivity contribution < 1.29 is 0 Å². The number of aryl methyl sites for hydroxylation is 1. The van der Waals surface area contributed by atoms with Crippen molar-refractivity contribution in [3.8, 4) is 6.07 Å². The highest BCUT2D eigenvalue weighted by atomic mass is 15.1. The third kappa shape index (κ3) is 1.70. The summed E-state index contributed by atoms with van der Waals surface area (Å²) in [5.74, 6) is 1.01. The Kier molecular flexibility index (Phi) is 2.64. The highest BCUT2D eigenvalue weighted by molar-refractivity contribution is 5.36. The van der Waals surface area contributed by atoms with Gasteiger partial charge in [0.05, 0.1) is 18.0 Å². The van der Waals surface area contributed by atoms with Crippen LogP contribution in [-0.4, -0.2) is 9.55 Å². The maximum Gasteiger partial charge on any atom is 0.0991 e. The Labute approximate surface area is 107 Å². The van der Waals surface area contributed by atoms with Gasteiger partial charge in [-0.3, -0.25) is 0 Å². The summed E-state index contributed by atoms with van der Waals surface area (Å²) >= 11 is 0. The summed E-state index contributed by atoms with van der Waals surface area (Å²) in [5.41, 5.74) is 3.29. The molecule has 0 saturated carbocycles. The summed E-state index contributed by atoms with van der Waals surface area (Å²) in [5, 5.41) is 8.85. The fraction of sp³-hybridized carbons (Fsp3) is 0.333. The first-order chi connectivity index (χ1) is 8.79. The van der Waals surface area contributed by atoms with Crippen molar-refractivity contribution in [2.24, 2.45) is 5.92 Å². The third-order valence-corrected chi connectivity index (χ3v) is 3.86. The van der Waals surface area contributed by atoms with E-state index in [9.17, 15) is 0 Å². The first-order valence-corrected chi connectivity index (χ1v) is 6.29. The lowest BCUT2D eigenvalue weighted by molar-refractivity contribution is 0.374. The Bertz CT molecular complexity index is 589. The molecule has 0 amide bonds. The van der Waals surface area contributed by atoms with E-state index in [1.165, 1.54) is 17.7 Å². The molecule has 1 aliphatic heterocycles. The minimum Gasteiger partial charge on any atom is -0.334 e. The molecule has 0 spiro atoms. The van der Waals surface area contributed by atoms with Crippen LogP contribution in [0.4, 0.5) is 0 Å². The van der Waals surface area contributed by atoms with Gasteiger partial charge in [-0.15, -0.1) is 0 Å². The standard InChI is InChI=1S/C15H15N3/c1-11-6-7-18-10-17-9-14(18)15(11)13-4-2-12(8-16)3-5-13/h2-5,9-11,15H,6-7H2,1H3. The second kappa shape index (κ2) is 4.30. The maximum atomic E-state index is 8.85. The van der Waals surface area contributed by atoms with Gasteiger partial charge in [0.15, 0.2) is 0 Å². The van der Waals surface area contributed by atoms with E-state index < -0.39 is 0 Å². The number of benzene rings is 1. The van der Waals surface area contributed by atoms with Gasteiger partial charge in [0.25, 0.3) is 0 Å². The topological polar surface area (TPSA) is 41.6 Å². The van der Waals surface area contributed by atoms with Crippen molar-refractivity contribution in [3.05, 3.63) is 53.6 Å². The molecule has 18 heavy (non-hydrogen) atoms. The van der Waals surface area contributed by atoms with E-state index in [0.29, 0.717) is 11.8 Å². The number of imidazole rings is 1. The molecular formula is C15H15N3. The monoisotopic (exact) mass is 237 g/mol. The van der Waals surface area contributed by atoms with Crippen molar-refractivity contribution >= 4 is 0 Å². The van der Waals surface area contributed by atoms with E-state index >= 15 is 0 Å². The number of hydrogen-bond acceptors (Lipinski definition) is 2. The molecule has 1 aliphatic rings. The van der Waals surface area contributed by atoms with Crippen LogP contribution in [0.25, 0.3) is 0 Å². The lowest BCUT2D eigenvalue weighted by Gasteiger charge is -2.30. The Morgan fingerprint density at radius 3 is 2.83 bits per heavy atom. The first kappa shape index (κ1) is 11.0. The van der Waals surface area contributed by atoms with Gasteiger partial charge >= 0.3 is 0 Å². The molecule has 0 radical (unpaired) electrons. The molecule has 0 fully saturated rings. The summed E-state index contributed by atoms with van der Waals surface area (Å²) in [4.78, 5) is 4.26. The maximum absolute atomic E-state index is 8.85. The molecule has 2 aromatic rings. The van der Waals surface area contributed by atoms with E-state index in [0.717, 1.165) is 12.1 Å². The molecule has 3 heteroatoms. The minimum atomic E-state index is 0.397. The van der Waals surface area contributed by atoms with Crippen molar-refractivity contribution in [1.29, 1.82) is 5.26 Å². The van der Waals surface area contributed by atoms with Gasteiger partial charge in [-0.25, -0.2) is 4.98 Å². The predicted molar refractivity (Wildman–Crippen MR) is 69.0 cm³/mol. The smallest absolute Gasteiger partial charge is 0.0991 e. The van der Waals surface area contributed by atoms with E-state index in [1.54, 1.807) is 0 Å². The summed E-state index contributed by atoms with van der Waals surface area (Å²) in [6, 6.07) is 10.1. The normalized spacial score (nSPS) is 22.2. The fourth-order valence-electron chi connectivity index (χ4n) is 2.84. The summed E-state index contributed by atoms with van der Waals surface area (Å²) in [6.45, 7) is 3.35. The second-order valence-electron chi connectivity index (χ2n) is 4.99. The molecule has 1 aromatic carbocycles. The molecule has 3 nitrogen and oxygen atoms in total. The van der Waals surface area contributed by atoms with Crippen molar-refractivity contribution in [2.45, 2.75) is 25.8 Å². The number of rotatable bonds is 1. The Morgan fingerprint density at radius 2 is 2.11 bits per heavy atom. The van der Waals surface area contributed by atoms with Crippen LogP contribution < -0.4 is 0 Å². The molecule has 1 aromatic heterocycles. The zero-order valence-electron chi connectivity index (χ0n) is 10.4. The van der Waals surface area contributed by atoms with Crippen LogP contribution in [-0.2, 0) is 6.54 Å². The average Bonchev–Trinajstić information content (AvgIpc) is 2.87. The van der Waals surface area contributed by atoms with Crippen LogP contribution in [0, 0.1) is 17.2 Å². The van der Waals surface area contributed by atoms with Crippen LogP contribution in [0.1, 0.15) is 36.1 Å². The Hall–Kier alpha value is -2.08. The van der Waals surface area contributed by atoms with Crippen LogP contribution >= 0.6 is 0 Å². The van der Waals surface area contributed by atoms with E-state index in [4.69, 9.17) is 5.26 Å². The van der Waals surface area contributed by atoms with Crippen molar-refractivity contribution in [1.82, 2.24) is 9.55 Å². The first-order valence-electron chi connectivity index (χ1n) is 6.29. The second-order valence-corrected chi connectivity index (χ2v) is 4.99. The van der Waals surface area contributed by atoms with Gasteiger partial charge in [-0.1, -0.05) is 19.1 Å². The molecule has 2 unspecified atom stereocenters. The predicted octanol–water partition coefficient (Wildman–Crippen LogP) is 2.93. The van der Waals surface area contributed by atoms with Gasteiger partial charge in [0.1, 0.15) is 0 Å². The minimum absolute atomic E-state index is 0.397. The van der Waals surface area contributed by atoms with Crippen LogP contribution in [0.2, 0.25) is 0 Å². The van der Waals surface area contributed by atoms with E-state index in [-0.39, 0.29) is 0 Å². The summed E-state index contributed by atoms with van der Waals surface area (Å²) in [7, 11) is 0. The van der Waals surface area contributed by atoms with Gasteiger partial charge in [0, 0.05) is 24.4 Å². The number of fused-ring (bicyclic) bond motifs is 1. The molecule has 2 heterocycles. The van der Waals surface area contributed by atoms with Gasteiger partial charge in [-0.2, -0.15) is 5.26 Å². The molecule has 0 saturated heterocycles. The van der Waals surface area contributed by atoms with Crippen molar-refractivity contribution in [2.75, 3.05) is 0 Å². The molecule has 3 rings (SSSR count). The average molecular weight is 237 g/mol. The van der Waals surface area contributed by atoms with E-state index in [2.05, 4.69) is 34.7 Å². The highest BCUT2D eigenvalue weighted by Crippen LogP contribution is 2.37. The fourth-order valence-corrected chi connectivity index (χ4v) is 2.84. The van der Waals surface area contributed by atoms with E-state index in [1.807, 2.05) is 24.7 Å². The largest absolute Gasteiger partial charge is 0.334 e. The number of hydrogen-bond donors (Lipinski definition) is 0. The van der Waals surface area contributed by atoms with Crippen LogP contribution in [0.15, 0.2) is 36.8 Å². The number of nitrogens with zero attached hydrogens (tertiary/aromatic N) is 3. The van der Waals surface area contributed by atoms with Gasteiger partial charge in [-0.05, 0) is 30.0 Å². The molecule has 0 N–H and O–H groups in total. The highest BCUT2D eigenvalue weighted by Gasteiger charge is 2.28. The van der Waals surface area contributed by atoms with Crippen molar-refractivity contribution in [3.63, 3.8) is 0 Å². The number of nitriles is 1. The Balaban J connectivity index is 2.03. The van der Waals surface area contributed by atoms with Gasteiger partial charge in [0.2, 0.25) is 0 Å². The SMILES string of the molecule is CC1CCn2cncc2C1c1ccc(C#N)cc1. The van der Waals surface area contributed by atoms with Crippen LogP contribution in [0.3, 0.4) is 0 Å². The molecule has 0 bridgehead atoms. The van der Waals surface area contributed by atoms with Crippen LogP contribution in [0.5, 0.6) is 0 Å². The lowest BCUT2D eigenvalue weighted by atomic mass is 9.80.